The SMILES string of the molecule is CC(CC(=O)N1CC2CCCC2C1)c1ccc(N)cc1. The van der Waals surface area contributed by atoms with Gasteiger partial charge in [0.2, 0.25) is 5.91 Å². The molecule has 1 aromatic carbocycles. The molecule has 0 aromatic heterocycles. The number of amides is 1. The van der Waals surface area contributed by atoms with Gasteiger partial charge in [-0.1, -0.05) is 25.5 Å². The predicted molar refractivity (Wildman–Crippen MR) is 81.3 cm³/mol. The molecule has 1 aliphatic heterocycles. The number of hydrogen-bond donors (Lipinski definition) is 1. The van der Waals surface area contributed by atoms with Crippen molar-refractivity contribution < 1.29 is 4.79 Å². The molecule has 1 saturated carbocycles. The van der Waals surface area contributed by atoms with Crippen LogP contribution in [0.4, 0.5) is 5.69 Å². The number of nitrogen functional groups attached to an aromatic ring is 1. The van der Waals surface area contributed by atoms with Gasteiger partial charge in [0.15, 0.2) is 0 Å². The molecule has 0 radical (unpaired) electrons. The minimum atomic E-state index is 0.267. The first kappa shape index (κ1) is 13.5. The molecular formula is C17H24N2O. The Morgan fingerprint density at radius 3 is 2.45 bits per heavy atom. The van der Waals surface area contributed by atoms with Gasteiger partial charge in [0.05, 0.1) is 0 Å². The third kappa shape index (κ3) is 2.67. The Labute approximate surface area is 121 Å². The summed E-state index contributed by atoms with van der Waals surface area (Å²) in [4.78, 5) is 14.5. The van der Waals surface area contributed by atoms with Gasteiger partial charge < -0.3 is 10.6 Å². The molecule has 3 unspecified atom stereocenters. The van der Waals surface area contributed by atoms with Gasteiger partial charge in [0.25, 0.3) is 0 Å². The van der Waals surface area contributed by atoms with Crippen molar-refractivity contribution in [2.75, 3.05) is 18.8 Å². The maximum atomic E-state index is 12.4. The van der Waals surface area contributed by atoms with E-state index in [1.807, 2.05) is 24.3 Å². The number of likely N-dealkylation sites (tertiary alicyclic amines) is 1. The fourth-order valence-electron chi connectivity index (χ4n) is 3.77. The Morgan fingerprint density at radius 2 is 1.85 bits per heavy atom. The molecule has 1 aliphatic carbocycles. The monoisotopic (exact) mass is 272 g/mol. The highest BCUT2D eigenvalue weighted by molar-refractivity contribution is 5.77. The number of fused-ring (bicyclic) bond motifs is 1. The van der Waals surface area contributed by atoms with Crippen LogP contribution in [0.15, 0.2) is 24.3 Å². The first-order chi connectivity index (χ1) is 9.63. The van der Waals surface area contributed by atoms with E-state index in [0.717, 1.165) is 30.6 Å². The van der Waals surface area contributed by atoms with Gasteiger partial charge in [-0.3, -0.25) is 4.79 Å². The lowest BCUT2D eigenvalue weighted by molar-refractivity contribution is -0.130. The lowest BCUT2D eigenvalue weighted by Gasteiger charge is -2.20. The highest BCUT2D eigenvalue weighted by atomic mass is 16.2. The number of carbonyl (C=O) groups is 1. The van der Waals surface area contributed by atoms with Gasteiger partial charge in [-0.2, -0.15) is 0 Å². The average Bonchev–Trinajstić information content (AvgIpc) is 2.99. The Hall–Kier alpha value is -1.51. The van der Waals surface area contributed by atoms with Crippen LogP contribution in [0.2, 0.25) is 0 Å². The second-order valence-corrected chi connectivity index (χ2v) is 6.52. The third-order valence-electron chi connectivity index (χ3n) is 5.07. The number of hydrogen-bond acceptors (Lipinski definition) is 2. The maximum absolute atomic E-state index is 12.4. The van der Waals surface area contributed by atoms with E-state index >= 15 is 0 Å². The van der Waals surface area contributed by atoms with Gasteiger partial charge >= 0.3 is 0 Å². The molecule has 1 saturated heterocycles. The van der Waals surface area contributed by atoms with Gasteiger partial charge in [-0.15, -0.1) is 0 Å². The van der Waals surface area contributed by atoms with Crippen LogP contribution in [0.3, 0.4) is 0 Å². The van der Waals surface area contributed by atoms with Crippen molar-refractivity contribution in [1.82, 2.24) is 4.90 Å². The summed E-state index contributed by atoms with van der Waals surface area (Å²) >= 11 is 0. The van der Waals surface area contributed by atoms with Crippen molar-refractivity contribution in [3.05, 3.63) is 29.8 Å². The summed E-state index contributed by atoms with van der Waals surface area (Å²) in [5.41, 5.74) is 7.68. The van der Waals surface area contributed by atoms with Gasteiger partial charge in [-0.05, 0) is 48.3 Å². The average molecular weight is 272 g/mol. The summed E-state index contributed by atoms with van der Waals surface area (Å²) in [6.45, 7) is 4.12. The second-order valence-electron chi connectivity index (χ2n) is 6.52. The molecule has 3 heteroatoms. The number of anilines is 1. The van der Waals surface area contributed by atoms with Crippen molar-refractivity contribution in [2.24, 2.45) is 11.8 Å². The van der Waals surface area contributed by atoms with Gasteiger partial charge in [0, 0.05) is 25.2 Å². The number of nitrogens with two attached hydrogens (primary N) is 1. The van der Waals surface area contributed by atoms with Crippen molar-refractivity contribution in [3.8, 4) is 0 Å². The molecule has 1 heterocycles. The smallest absolute Gasteiger partial charge is 0.223 e. The van der Waals surface area contributed by atoms with E-state index in [0.29, 0.717) is 12.3 Å². The van der Waals surface area contributed by atoms with Crippen molar-refractivity contribution >= 4 is 11.6 Å². The highest BCUT2D eigenvalue weighted by Gasteiger charge is 2.37. The van der Waals surface area contributed by atoms with Crippen LogP contribution < -0.4 is 5.73 Å². The van der Waals surface area contributed by atoms with E-state index in [9.17, 15) is 4.79 Å². The summed E-state index contributed by atoms with van der Waals surface area (Å²) < 4.78 is 0. The zero-order chi connectivity index (χ0) is 14.1. The van der Waals surface area contributed by atoms with Crippen LogP contribution in [-0.2, 0) is 4.79 Å². The van der Waals surface area contributed by atoms with Crippen LogP contribution in [-0.4, -0.2) is 23.9 Å². The summed E-state index contributed by atoms with van der Waals surface area (Å²) in [6, 6.07) is 7.89. The molecule has 2 fully saturated rings. The van der Waals surface area contributed by atoms with E-state index < -0.39 is 0 Å². The molecule has 3 atom stereocenters. The van der Waals surface area contributed by atoms with E-state index in [2.05, 4.69) is 11.8 Å². The van der Waals surface area contributed by atoms with Crippen molar-refractivity contribution in [3.63, 3.8) is 0 Å². The quantitative estimate of drug-likeness (QED) is 0.860. The predicted octanol–water partition coefficient (Wildman–Crippen LogP) is 3.02. The largest absolute Gasteiger partial charge is 0.399 e. The minimum Gasteiger partial charge on any atom is -0.399 e. The Morgan fingerprint density at radius 1 is 1.25 bits per heavy atom. The van der Waals surface area contributed by atoms with Crippen LogP contribution in [0.1, 0.15) is 44.1 Å². The molecule has 1 amide bonds. The topological polar surface area (TPSA) is 46.3 Å². The molecule has 2 N–H and O–H groups in total. The van der Waals surface area contributed by atoms with Crippen LogP contribution in [0.5, 0.6) is 0 Å². The van der Waals surface area contributed by atoms with E-state index in [4.69, 9.17) is 5.73 Å². The molecule has 2 aliphatic rings. The summed E-state index contributed by atoms with van der Waals surface area (Å²) in [6.07, 6.45) is 4.62. The Kier molecular flexibility index (Phi) is 3.68. The maximum Gasteiger partial charge on any atom is 0.223 e. The highest BCUT2D eigenvalue weighted by Crippen LogP contribution is 2.38. The molecule has 20 heavy (non-hydrogen) atoms. The number of carbonyl (C=O) groups excluding carboxylic acids is 1. The summed E-state index contributed by atoms with van der Waals surface area (Å²) in [5.74, 6) is 2.16. The zero-order valence-electron chi connectivity index (χ0n) is 12.2. The van der Waals surface area contributed by atoms with Crippen LogP contribution in [0.25, 0.3) is 0 Å². The van der Waals surface area contributed by atoms with Crippen LogP contribution in [0, 0.1) is 11.8 Å². The van der Waals surface area contributed by atoms with Crippen molar-refractivity contribution in [2.45, 2.75) is 38.5 Å². The first-order valence-corrected chi connectivity index (χ1v) is 7.76. The molecule has 1 aromatic rings. The van der Waals surface area contributed by atoms with Crippen LogP contribution >= 0.6 is 0 Å². The summed E-state index contributed by atoms with van der Waals surface area (Å²) in [7, 11) is 0. The molecule has 0 bridgehead atoms. The Balaban J connectivity index is 1.57. The van der Waals surface area contributed by atoms with E-state index in [1.54, 1.807) is 0 Å². The number of nitrogens with zero attached hydrogens (tertiary/aromatic N) is 1. The normalized spacial score (nSPS) is 26.6. The standard InChI is InChI=1S/C17H24N2O/c1-12(13-5-7-16(18)8-6-13)9-17(20)19-10-14-3-2-4-15(14)11-19/h5-8,12,14-15H,2-4,9-11,18H2,1H3. The third-order valence-corrected chi connectivity index (χ3v) is 5.07. The minimum absolute atomic E-state index is 0.267. The molecule has 108 valence electrons. The van der Waals surface area contributed by atoms with Crippen molar-refractivity contribution in [1.29, 1.82) is 0 Å². The number of benzene rings is 1. The van der Waals surface area contributed by atoms with Gasteiger partial charge in [0.1, 0.15) is 0 Å². The van der Waals surface area contributed by atoms with Gasteiger partial charge in [-0.25, -0.2) is 0 Å². The van der Waals surface area contributed by atoms with E-state index in [1.165, 1.54) is 24.8 Å². The zero-order valence-corrected chi connectivity index (χ0v) is 12.2. The second kappa shape index (κ2) is 5.47. The lowest BCUT2D eigenvalue weighted by atomic mass is 9.97. The number of rotatable bonds is 3. The molecule has 0 spiro atoms. The van der Waals surface area contributed by atoms with E-state index in [-0.39, 0.29) is 5.92 Å². The molecular weight excluding hydrogens is 248 g/mol. The molecule has 3 rings (SSSR count). The fourth-order valence-corrected chi connectivity index (χ4v) is 3.77. The first-order valence-electron chi connectivity index (χ1n) is 7.76. The fraction of sp³-hybridized carbons (Fsp3) is 0.588. The summed E-state index contributed by atoms with van der Waals surface area (Å²) in [5, 5.41) is 0. The lowest BCUT2D eigenvalue weighted by Crippen LogP contribution is -2.30. The molecule has 3 nitrogen and oxygen atoms in total. The Bertz CT molecular complexity index is 470.